The molecule has 1 fully saturated rings. The molecule has 3 heterocycles. The number of rotatable bonds is 8. The van der Waals surface area contributed by atoms with Gasteiger partial charge in [-0.15, -0.1) is 34.9 Å². The summed E-state index contributed by atoms with van der Waals surface area (Å²) in [5, 5.41) is 27.2. The molecule has 2 aliphatic rings. The van der Waals surface area contributed by atoms with Crippen LogP contribution in [0.4, 0.5) is 5.13 Å². The van der Waals surface area contributed by atoms with E-state index in [-0.39, 0.29) is 22.2 Å². The molecular weight excluding hydrogens is 464 g/mol. The van der Waals surface area contributed by atoms with E-state index >= 15 is 0 Å². The Hall–Kier alpha value is -3.02. The van der Waals surface area contributed by atoms with E-state index in [1.807, 2.05) is 6.07 Å². The average molecular weight is 481 g/mol. The number of aliphatic carboxylic acids is 1. The molecule has 0 bridgehead atoms. The number of carboxylic acids is 1. The molecule has 1 unspecified atom stereocenters. The molecule has 1 saturated heterocycles. The molecule has 0 aliphatic carbocycles. The Morgan fingerprint density at radius 3 is 3.00 bits per heavy atom. The maximum atomic E-state index is 12.7. The van der Waals surface area contributed by atoms with E-state index in [0.717, 1.165) is 11.3 Å². The topological polar surface area (TPSA) is 171 Å². The van der Waals surface area contributed by atoms with Crippen LogP contribution in [0.3, 0.4) is 0 Å². The van der Waals surface area contributed by atoms with Crippen LogP contribution >= 0.6 is 34.9 Å². The third-order valence-electron chi connectivity index (χ3n) is 4.19. The molecule has 14 heteroatoms. The van der Waals surface area contributed by atoms with Crippen molar-refractivity contribution < 1.29 is 24.3 Å². The van der Waals surface area contributed by atoms with Crippen LogP contribution in [0.2, 0.25) is 0 Å². The molecule has 0 radical (unpaired) electrons. The molecule has 0 aromatic carbocycles. The van der Waals surface area contributed by atoms with Gasteiger partial charge in [0, 0.05) is 23.0 Å². The maximum absolute atomic E-state index is 12.7. The molecule has 162 valence electrons. The second-order valence-corrected chi connectivity index (χ2v) is 8.94. The summed E-state index contributed by atoms with van der Waals surface area (Å²) < 4.78 is 0. The van der Waals surface area contributed by atoms with E-state index in [0.29, 0.717) is 17.1 Å². The third kappa shape index (κ3) is 4.68. The van der Waals surface area contributed by atoms with Crippen LogP contribution in [0.1, 0.15) is 5.69 Å². The fourth-order valence-corrected chi connectivity index (χ4v) is 5.64. The van der Waals surface area contributed by atoms with Gasteiger partial charge in [0.25, 0.3) is 11.8 Å². The SMILES string of the molecule is CON=C(C(=O)NC1C(=O)N2C(C(=O)O)=C(CS/C=C/C#N)CS[C@H]12)c1csc(N)n1. The van der Waals surface area contributed by atoms with Gasteiger partial charge in [0.05, 0.1) is 6.07 Å². The van der Waals surface area contributed by atoms with Crippen molar-refractivity contribution in [2.24, 2.45) is 5.16 Å². The van der Waals surface area contributed by atoms with Crippen molar-refractivity contribution >= 4 is 63.5 Å². The fraction of sp³-hybridized carbons (Fsp3) is 0.294. The highest BCUT2D eigenvalue weighted by Gasteiger charge is 2.54. The van der Waals surface area contributed by atoms with Crippen molar-refractivity contribution in [3.05, 3.63) is 33.8 Å². The van der Waals surface area contributed by atoms with Gasteiger partial charge in [-0.25, -0.2) is 9.78 Å². The number of nitrogens with one attached hydrogen (secondary N) is 1. The summed E-state index contributed by atoms with van der Waals surface area (Å²) in [6.45, 7) is 0. The smallest absolute Gasteiger partial charge is 0.352 e. The number of thioether (sulfide) groups is 2. The van der Waals surface area contributed by atoms with Crippen molar-refractivity contribution in [2.75, 3.05) is 24.3 Å². The highest BCUT2D eigenvalue weighted by molar-refractivity contribution is 8.02. The number of nitriles is 1. The zero-order valence-corrected chi connectivity index (χ0v) is 18.4. The van der Waals surface area contributed by atoms with E-state index in [2.05, 4.69) is 15.5 Å². The quantitative estimate of drug-likeness (QED) is 0.207. The van der Waals surface area contributed by atoms with Crippen molar-refractivity contribution in [1.82, 2.24) is 15.2 Å². The number of hydrogen-bond donors (Lipinski definition) is 3. The first kappa shape index (κ1) is 22.7. The summed E-state index contributed by atoms with van der Waals surface area (Å²) >= 11 is 3.73. The normalized spacial score (nSPS) is 20.8. The predicted octanol–water partition coefficient (Wildman–Crippen LogP) is 0.585. The number of carbonyl (C=O) groups excluding carboxylic acids is 2. The lowest BCUT2D eigenvalue weighted by Gasteiger charge is -2.49. The Bertz CT molecular complexity index is 1040. The number of hydrogen-bond acceptors (Lipinski definition) is 11. The summed E-state index contributed by atoms with van der Waals surface area (Å²) in [6, 6.07) is 0.937. The van der Waals surface area contributed by atoms with Crippen LogP contribution in [0.15, 0.2) is 33.3 Å². The molecule has 0 spiro atoms. The second kappa shape index (κ2) is 9.86. The molecule has 2 atom stereocenters. The Labute approximate surface area is 189 Å². The lowest BCUT2D eigenvalue weighted by atomic mass is 10.0. The van der Waals surface area contributed by atoms with Crippen LogP contribution in [-0.4, -0.2) is 68.5 Å². The molecule has 11 nitrogen and oxygen atoms in total. The Kier molecular flexibility index (Phi) is 7.21. The lowest BCUT2D eigenvalue weighted by molar-refractivity contribution is -0.150. The Balaban J connectivity index is 1.75. The highest BCUT2D eigenvalue weighted by atomic mass is 32.2. The zero-order chi connectivity index (χ0) is 22.5. The van der Waals surface area contributed by atoms with Gasteiger partial charge in [-0.05, 0) is 11.0 Å². The first-order valence-electron chi connectivity index (χ1n) is 8.58. The van der Waals surface area contributed by atoms with Gasteiger partial charge in [-0.2, -0.15) is 5.26 Å². The minimum atomic E-state index is -1.22. The van der Waals surface area contributed by atoms with E-state index in [1.165, 1.54) is 47.0 Å². The summed E-state index contributed by atoms with van der Waals surface area (Å²) in [5.74, 6) is -1.74. The minimum Gasteiger partial charge on any atom is -0.477 e. The summed E-state index contributed by atoms with van der Waals surface area (Å²) in [6.07, 6.45) is 1.29. The van der Waals surface area contributed by atoms with Crippen LogP contribution in [0, 0.1) is 11.3 Å². The Morgan fingerprint density at radius 1 is 1.61 bits per heavy atom. The van der Waals surface area contributed by atoms with Gasteiger partial charge < -0.3 is 21.0 Å². The fourth-order valence-electron chi connectivity index (χ4n) is 2.92. The van der Waals surface area contributed by atoms with Crippen LogP contribution in [0.5, 0.6) is 0 Å². The van der Waals surface area contributed by atoms with Gasteiger partial charge in [-0.1, -0.05) is 5.16 Å². The number of anilines is 1. The van der Waals surface area contributed by atoms with Gasteiger partial charge in [0.15, 0.2) is 10.8 Å². The van der Waals surface area contributed by atoms with E-state index < -0.39 is 29.2 Å². The molecule has 2 amide bonds. The number of carbonyl (C=O) groups is 3. The van der Waals surface area contributed by atoms with Crippen LogP contribution in [-0.2, 0) is 19.2 Å². The van der Waals surface area contributed by atoms with Gasteiger partial charge in [0.1, 0.15) is 29.9 Å². The number of aromatic nitrogens is 1. The molecule has 2 aliphatic heterocycles. The molecule has 3 rings (SSSR count). The second-order valence-electron chi connectivity index (χ2n) is 6.05. The number of nitrogens with two attached hydrogens (primary N) is 1. The molecule has 1 aromatic rings. The van der Waals surface area contributed by atoms with Gasteiger partial charge >= 0.3 is 5.97 Å². The van der Waals surface area contributed by atoms with E-state index in [1.54, 1.807) is 5.41 Å². The third-order valence-corrected chi connectivity index (χ3v) is 7.05. The number of nitrogens with zero attached hydrogens (tertiary/aromatic N) is 4. The monoisotopic (exact) mass is 480 g/mol. The highest BCUT2D eigenvalue weighted by Crippen LogP contribution is 2.41. The number of fused-ring (bicyclic) bond motifs is 1. The summed E-state index contributed by atoms with van der Waals surface area (Å²) in [5.41, 5.74) is 6.15. The molecule has 31 heavy (non-hydrogen) atoms. The van der Waals surface area contributed by atoms with E-state index in [9.17, 15) is 19.5 Å². The van der Waals surface area contributed by atoms with Crippen molar-refractivity contribution in [2.45, 2.75) is 11.4 Å². The predicted molar refractivity (Wildman–Crippen MR) is 117 cm³/mol. The van der Waals surface area contributed by atoms with Crippen molar-refractivity contribution in [1.29, 1.82) is 5.26 Å². The number of thiazole rings is 1. The van der Waals surface area contributed by atoms with Crippen molar-refractivity contribution in [3.63, 3.8) is 0 Å². The zero-order valence-electron chi connectivity index (χ0n) is 16.0. The molecule has 0 saturated carbocycles. The van der Waals surface area contributed by atoms with Crippen LogP contribution in [0.25, 0.3) is 0 Å². The Morgan fingerprint density at radius 2 is 2.39 bits per heavy atom. The maximum Gasteiger partial charge on any atom is 0.352 e. The number of nitrogen functional groups attached to an aromatic ring is 1. The van der Waals surface area contributed by atoms with Crippen LogP contribution < -0.4 is 11.1 Å². The van der Waals surface area contributed by atoms with E-state index in [4.69, 9.17) is 15.8 Å². The number of oxime groups is 1. The number of amides is 2. The molecule has 4 N–H and O–H groups in total. The standard InChI is InChI=1S/C17H16N6O5S3/c1-28-22-10(9-7-31-17(19)20-9)13(24)21-11-14(25)23-12(16(26)27)8(6-30-15(11)23)5-29-4-2-3-18/h2,4,7,11,15H,5-6H2,1H3,(H2,19,20)(H,21,24)(H,26,27)/b4-2+,22-10?/t11?,15-/m1/s1. The largest absolute Gasteiger partial charge is 0.477 e. The van der Waals surface area contributed by atoms with Gasteiger partial charge in [-0.3, -0.25) is 14.5 Å². The number of allylic oxidation sites excluding steroid dienone is 1. The molecule has 1 aromatic heterocycles. The lowest BCUT2D eigenvalue weighted by Crippen LogP contribution is -2.71. The molecular formula is C17H16N6O5S3. The number of β-lactam (4-membered cyclic amide) rings is 1. The average Bonchev–Trinajstić information content (AvgIpc) is 3.18. The first-order valence-corrected chi connectivity index (χ1v) is 11.6. The minimum absolute atomic E-state index is 0.0878. The van der Waals surface area contributed by atoms with Crippen molar-refractivity contribution in [3.8, 4) is 6.07 Å². The summed E-state index contributed by atoms with van der Waals surface area (Å²) in [7, 11) is 1.27. The first-order chi connectivity index (χ1) is 14.9. The summed E-state index contributed by atoms with van der Waals surface area (Å²) in [4.78, 5) is 47.1. The van der Waals surface area contributed by atoms with Gasteiger partial charge in [0.2, 0.25) is 0 Å². The number of carboxylic acid groups (broad SMARTS) is 1.